The number of aliphatic hydroxyl groups is 5. The van der Waals surface area contributed by atoms with E-state index in [0.717, 1.165) is 38.5 Å². The maximum atomic E-state index is 12.8. The Morgan fingerprint density at radius 1 is 0.492 bits per heavy atom. The molecule has 6 atom stereocenters. The monoisotopic (exact) mass is 921 g/mol. The highest BCUT2D eigenvalue weighted by Crippen LogP contribution is 2.47. The number of allylic oxidation sites excluding steroid dienone is 2. The number of aliphatic hydroxyl groups excluding tert-OH is 5. The number of carbonyl (C=O) groups is 1. The van der Waals surface area contributed by atoms with Crippen LogP contribution in [0.2, 0.25) is 0 Å². The number of unbranched alkanes of at least 4 members (excludes halogenated alkanes) is 31. The normalized spacial score (nSPS) is 21.8. The van der Waals surface area contributed by atoms with Crippen LogP contribution < -0.4 is 0 Å². The number of hydrogen-bond donors (Lipinski definition) is 6. The molecule has 6 N–H and O–H groups in total. The van der Waals surface area contributed by atoms with Crippen molar-refractivity contribution in [1.29, 1.82) is 0 Å². The summed E-state index contributed by atoms with van der Waals surface area (Å²) in [7, 11) is -5.02. The van der Waals surface area contributed by atoms with Crippen LogP contribution in [0.1, 0.15) is 239 Å². The summed E-state index contributed by atoms with van der Waals surface area (Å²) in [6.07, 6.45) is 34.2. The van der Waals surface area contributed by atoms with Gasteiger partial charge in [0.2, 0.25) is 0 Å². The van der Waals surface area contributed by atoms with E-state index in [1.807, 2.05) is 0 Å². The number of ether oxygens (including phenoxy) is 2. The number of hydrogen-bond acceptors (Lipinski definition) is 11. The summed E-state index contributed by atoms with van der Waals surface area (Å²) in [6.45, 7) is 4.30. The lowest BCUT2D eigenvalue weighted by Gasteiger charge is -2.41. The lowest BCUT2D eigenvalue weighted by Crippen LogP contribution is -2.64. The van der Waals surface area contributed by atoms with Gasteiger partial charge in [-0.3, -0.25) is 13.8 Å². The average molecular weight is 921 g/mol. The minimum atomic E-state index is -5.02. The summed E-state index contributed by atoms with van der Waals surface area (Å²) >= 11 is 0. The molecule has 1 aliphatic rings. The third kappa shape index (κ3) is 33.2. The van der Waals surface area contributed by atoms with Crippen LogP contribution >= 0.6 is 7.82 Å². The van der Waals surface area contributed by atoms with Gasteiger partial charge in [-0.1, -0.05) is 206 Å². The standard InChI is InChI=1S/C50H97O12P/c1-3-5-7-9-11-13-15-17-19-21-22-23-24-26-28-30-32-34-36-38-40-59-41-43(42-60-63(57,58)62-50-48(55)46(53)45(52)47(54)49(50)56)61-44(51)39-37-35-33-31-29-27-25-20-18-16-14-12-10-8-6-4-2/h17,19,43,45-50,52-56H,3-16,18,20-42H2,1-2H3,(H,57,58)/b19-17-. The Bertz CT molecular complexity index is 1100. The van der Waals surface area contributed by atoms with E-state index in [0.29, 0.717) is 13.0 Å². The molecule has 0 spiro atoms. The third-order valence-corrected chi connectivity index (χ3v) is 13.4. The summed E-state index contributed by atoms with van der Waals surface area (Å²) in [5.74, 6) is -0.472. The Kier molecular flexibility index (Phi) is 39.4. The minimum Gasteiger partial charge on any atom is -0.457 e. The first-order valence-corrected chi connectivity index (χ1v) is 27.5. The number of rotatable bonds is 45. The number of carbonyl (C=O) groups excluding carboxylic acids is 1. The van der Waals surface area contributed by atoms with E-state index in [1.165, 1.54) is 173 Å². The van der Waals surface area contributed by atoms with E-state index in [1.54, 1.807) is 0 Å². The summed E-state index contributed by atoms with van der Waals surface area (Å²) in [5.41, 5.74) is 0. The van der Waals surface area contributed by atoms with E-state index in [9.17, 15) is 39.8 Å². The molecule has 12 nitrogen and oxygen atoms in total. The molecule has 0 aromatic rings. The van der Waals surface area contributed by atoms with Crippen LogP contribution in [0.15, 0.2) is 12.2 Å². The van der Waals surface area contributed by atoms with E-state index in [2.05, 4.69) is 26.0 Å². The van der Waals surface area contributed by atoms with Crippen molar-refractivity contribution in [2.45, 2.75) is 281 Å². The smallest absolute Gasteiger partial charge is 0.457 e. The lowest BCUT2D eigenvalue weighted by atomic mass is 9.85. The molecule has 13 heteroatoms. The van der Waals surface area contributed by atoms with Crippen molar-refractivity contribution in [1.82, 2.24) is 0 Å². The molecule has 0 aromatic carbocycles. The Morgan fingerprint density at radius 3 is 1.25 bits per heavy atom. The maximum Gasteiger partial charge on any atom is 0.472 e. The number of phosphoric ester groups is 1. The van der Waals surface area contributed by atoms with Gasteiger partial charge in [0.25, 0.3) is 0 Å². The van der Waals surface area contributed by atoms with Gasteiger partial charge in [0.15, 0.2) is 0 Å². The number of phosphoric acid groups is 1. The lowest BCUT2D eigenvalue weighted by molar-refractivity contribution is -0.220. The molecule has 0 aromatic heterocycles. The fraction of sp³-hybridized carbons (Fsp3) is 0.940. The van der Waals surface area contributed by atoms with Gasteiger partial charge in [0.05, 0.1) is 13.2 Å². The molecule has 1 fully saturated rings. The summed E-state index contributed by atoms with van der Waals surface area (Å²) in [4.78, 5) is 23.2. The minimum absolute atomic E-state index is 0.0715. The predicted molar refractivity (Wildman–Crippen MR) is 253 cm³/mol. The SMILES string of the molecule is CCCCCCCC/C=C\CCCCCCCCCCCCOCC(COP(=O)(O)OC1C(O)C(O)C(O)C(O)C1O)OC(=O)CCCCCCCCCCCCCCCCCC. The van der Waals surface area contributed by atoms with Gasteiger partial charge in [-0.15, -0.1) is 0 Å². The Hall–Kier alpha value is -0.920. The summed E-state index contributed by atoms with van der Waals surface area (Å²) in [5, 5.41) is 50.3. The molecule has 63 heavy (non-hydrogen) atoms. The quantitative estimate of drug-likeness (QED) is 0.0147. The zero-order chi connectivity index (χ0) is 46.2. The molecule has 0 radical (unpaired) electrons. The third-order valence-electron chi connectivity index (χ3n) is 12.4. The fourth-order valence-corrected chi connectivity index (χ4v) is 9.21. The van der Waals surface area contributed by atoms with Gasteiger partial charge < -0.3 is 39.9 Å². The topological polar surface area (TPSA) is 192 Å². The van der Waals surface area contributed by atoms with Gasteiger partial charge in [-0.25, -0.2) is 4.57 Å². The Labute approximate surface area is 384 Å². The fourth-order valence-electron chi connectivity index (χ4n) is 8.23. The first kappa shape index (κ1) is 60.1. The molecule has 1 rings (SSSR count). The molecule has 0 amide bonds. The van der Waals surface area contributed by atoms with E-state index in [4.69, 9.17) is 18.5 Å². The van der Waals surface area contributed by atoms with Crippen LogP contribution in [0.5, 0.6) is 0 Å². The molecule has 1 aliphatic carbocycles. The molecule has 1 saturated carbocycles. The molecule has 0 bridgehead atoms. The predicted octanol–water partition coefficient (Wildman–Crippen LogP) is 11.5. The van der Waals surface area contributed by atoms with Crippen LogP contribution in [0.4, 0.5) is 0 Å². The first-order chi connectivity index (χ1) is 30.5. The van der Waals surface area contributed by atoms with Crippen molar-refractivity contribution in [3.8, 4) is 0 Å². The average Bonchev–Trinajstić information content (AvgIpc) is 3.27. The van der Waals surface area contributed by atoms with Crippen molar-refractivity contribution in [2.75, 3.05) is 19.8 Å². The molecule has 6 unspecified atom stereocenters. The maximum absolute atomic E-state index is 12.8. The summed E-state index contributed by atoms with van der Waals surface area (Å²) < 4.78 is 34.3. The molecule has 374 valence electrons. The zero-order valence-corrected chi connectivity index (χ0v) is 41.0. The largest absolute Gasteiger partial charge is 0.472 e. The van der Waals surface area contributed by atoms with E-state index < -0.39 is 63.1 Å². The highest BCUT2D eigenvalue weighted by atomic mass is 31.2. The van der Waals surface area contributed by atoms with Gasteiger partial charge in [0, 0.05) is 13.0 Å². The first-order valence-electron chi connectivity index (χ1n) is 26.0. The summed E-state index contributed by atoms with van der Waals surface area (Å²) in [6, 6.07) is 0. The van der Waals surface area contributed by atoms with Gasteiger partial charge in [-0.2, -0.15) is 0 Å². The second kappa shape index (κ2) is 41.3. The van der Waals surface area contributed by atoms with Crippen molar-refractivity contribution in [3.63, 3.8) is 0 Å². The Balaban J connectivity index is 2.32. The van der Waals surface area contributed by atoms with E-state index in [-0.39, 0.29) is 13.0 Å². The van der Waals surface area contributed by atoms with Crippen molar-refractivity contribution < 1.29 is 58.3 Å². The number of esters is 1. The molecule has 0 aliphatic heterocycles. The van der Waals surface area contributed by atoms with Crippen LogP contribution in [0, 0.1) is 0 Å². The molecular weight excluding hydrogens is 824 g/mol. The highest BCUT2D eigenvalue weighted by Gasteiger charge is 2.51. The van der Waals surface area contributed by atoms with Crippen molar-refractivity contribution in [3.05, 3.63) is 12.2 Å². The van der Waals surface area contributed by atoms with Crippen LogP contribution in [0.25, 0.3) is 0 Å². The van der Waals surface area contributed by atoms with E-state index >= 15 is 0 Å². The van der Waals surface area contributed by atoms with Crippen LogP contribution in [-0.2, 0) is 27.9 Å². The van der Waals surface area contributed by atoms with Gasteiger partial charge >= 0.3 is 13.8 Å². The Morgan fingerprint density at radius 2 is 0.841 bits per heavy atom. The second-order valence-corrected chi connectivity index (χ2v) is 19.8. The van der Waals surface area contributed by atoms with Crippen LogP contribution in [-0.4, -0.2) is 98.9 Å². The van der Waals surface area contributed by atoms with Crippen molar-refractivity contribution >= 4 is 13.8 Å². The van der Waals surface area contributed by atoms with Gasteiger partial charge in [-0.05, 0) is 38.5 Å². The van der Waals surface area contributed by atoms with Gasteiger partial charge in [0.1, 0.15) is 42.7 Å². The molecule has 0 heterocycles. The zero-order valence-electron chi connectivity index (χ0n) is 40.1. The molecular formula is C50H97O12P. The molecule has 0 saturated heterocycles. The second-order valence-electron chi connectivity index (χ2n) is 18.4. The highest BCUT2D eigenvalue weighted by molar-refractivity contribution is 7.47. The van der Waals surface area contributed by atoms with Crippen LogP contribution in [0.3, 0.4) is 0 Å². The van der Waals surface area contributed by atoms with Crippen molar-refractivity contribution in [2.24, 2.45) is 0 Å².